The summed E-state index contributed by atoms with van der Waals surface area (Å²) in [7, 11) is 1.80. The molecule has 2 fully saturated rings. The first kappa shape index (κ1) is 22.2. The Morgan fingerprint density at radius 2 is 1.89 bits per heavy atom. The molecular weight excluding hydrogens is 458 g/mol. The first-order valence-electron chi connectivity index (χ1n) is 9.36. The second-order valence-corrected chi connectivity index (χ2v) is 8.31. The molecule has 7 heteroatoms. The zero-order chi connectivity index (χ0) is 18.9. The fraction of sp³-hybridized carbons (Fsp3) is 0.650. The second kappa shape index (κ2) is 8.51. The molecule has 0 radical (unpaired) electrons. The van der Waals surface area contributed by atoms with E-state index < -0.39 is 0 Å². The lowest BCUT2D eigenvalue weighted by atomic mass is 9.65. The number of hydrogen-bond donors (Lipinski definition) is 1. The van der Waals surface area contributed by atoms with E-state index in [1.165, 1.54) is 0 Å². The molecule has 3 rings (SSSR count). The summed E-state index contributed by atoms with van der Waals surface area (Å²) in [6, 6.07) is 5.48. The third kappa shape index (κ3) is 4.34. The monoisotopic (exact) mass is 490 g/mol. The summed E-state index contributed by atoms with van der Waals surface area (Å²) in [5, 5.41) is 3.38. The number of rotatable bonds is 3. The predicted octanol–water partition coefficient (Wildman–Crippen LogP) is 3.48. The number of anilines is 1. The van der Waals surface area contributed by atoms with Crippen LogP contribution in [0, 0.1) is 11.2 Å². The minimum atomic E-state index is -0.174. The van der Waals surface area contributed by atoms with Crippen LogP contribution in [-0.4, -0.2) is 56.3 Å². The molecule has 5 nitrogen and oxygen atoms in total. The van der Waals surface area contributed by atoms with Gasteiger partial charge < -0.3 is 19.9 Å². The molecule has 0 aliphatic carbocycles. The van der Waals surface area contributed by atoms with E-state index in [0.29, 0.717) is 25.4 Å². The van der Waals surface area contributed by atoms with Gasteiger partial charge in [-0.25, -0.2) is 4.39 Å². The summed E-state index contributed by atoms with van der Waals surface area (Å²) in [5.74, 6) is 0.693. The number of morpholine rings is 1. The van der Waals surface area contributed by atoms with Crippen molar-refractivity contribution in [3.63, 3.8) is 0 Å². The normalized spacial score (nSPS) is 21.3. The summed E-state index contributed by atoms with van der Waals surface area (Å²) in [6.07, 6.45) is 0. The first-order valence-corrected chi connectivity index (χ1v) is 9.36. The van der Waals surface area contributed by atoms with Crippen molar-refractivity contribution in [2.75, 3.05) is 44.8 Å². The van der Waals surface area contributed by atoms with Gasteiger partial charge in [-0.2, -0.15) is 0 Å². The van der Waals surface area contributed by atoms with Crippen molar-refractivity contribution in [2.45, 2.75) is 39.8 Å². The minimum Gasteiger partial charge on any atom is -0.378 e. The third-order valence-corrected chi connectivity index (χ3v) is 6.17. The molecule has 0 spiro atoms. The lowest BCUT2D eigenvalue weighted by molar-refractivity contribution is -0.0667. The van der Waals surface area contributed by atoms with Gasteiger partial charge in [0.25, 0.3) is 0 Å². The van der Waals surface area contributed by atoms with Crippen molar-refractivity contribution in [1.82, 2.24) is 10.2 Å². The molecule has 0 unspecified atom stereocenters. The predicted molar refractivity (Wildman–Crippen MR) is 120 cm³/mol. The molecular formula is C20H32FIN4O. The topological polar surface area (TPSA) is 40.1 Å². The molecule has 152 valence electrons. The van der Waals surface area contributed by atoms with Gasteiger partial charge in [-0.1, -0.05) is 19.9 Å². The van der Waals surface area contributed by atoms with E-state index in [0.717, 1.165) is 31.2 Å². The highest BCUT2D eigenvalue weighted by Crippen LogP contribution is 2.46. The Morgan fingerprint density at radius 1 is 1.22 bits per heavy atom. The first-order chi connectivity index (χ1) is 12.3. The molecule has 0 saturated carbocycles. The van der Waals surface area contributed by atoms with Gasteiger partial charge in [-0.15, -0.1) is 24.0 Å². The van der Waals surface area contributed by atoms with Crippen LogP contribution in [-0.2, 0) is 11.3 Å². The zero-order valence-corrected chi connectivity index (χ0v) is 19.3. The Hall–Kier alpha value is -1.09. The van der Waals surface area contributed by atoms with Crippen LogP contribution in [0.4, 0.5) is 10.1 Å². The molecule has 0 bridgehead atoms. The van der Waals surface area contributed by atoms with Gasteiger partial charge >= 0.3 is 0 Å². The van der Waals surface area contributed by atoms with Gasteiger partial charge in [-0.3, -0.25) is 4.99 Å². The Labute approximate surface area is 179 Å². The van der Waals surface area contributed by atoms with Gasteiger partial charge in [0.05, 0.1) is 18.9 Å². The molecule has 1 aromatic carbocycles. The van der Waals surface area contributed by atoms with Crippen LogP contribution in [0.5, 0.6) is 0 Å². The number of ether oxygens (including phenoxy) is 1. The van der Waals surface area contributed by atoms with Crippen LogP contribution in [0.15, 0.2) is 23.2 Å². The molecule has 27 heavy (non-hydrogen) atoms. The van der Waals surface area contributed by atoms with Crippen molar-refractivity contribution in [3.8, 4) is 0 Å². The number of nitrogens with zero attached hydrogens (tertiary/aromatic N) is 3. The highest BCUT2D eigenvalue weighted by Gasteiger charge is 2.53. The van der Waals surface area contributed by atoms with Gasteiger partial charge in [0.15, 0.2) is 5.96 Å². The molecule has 0 aromatic heterocycles. The smallest absolute Gasteiger partial charge is 0.194 e. The molecule has 1 aromatic rings. The fourth-order valence-electron chi connectivity index (χ4n) is 3.60. The quantitative estimate of drug-likeness (QED) is 0.400. The van der Waals surface area contributed by atoms with Gasteiger partial charge in [0, 0.05) is 44.2 Å². The van der Waals surface area contributed by atoms with E-state index in [-0.39, 0.29) is 40.7 Å². The lowest BCUT2D eigenvalue weighted by Crippen LogP contribution is -2.72. The summed E-state index contributed by atoms with van der Waals surface area (Å²) in [6.45, 7) is 13.3. The van der Waals surface area contributed by atoms with E-state index in [9.17, 15) is 4.39 Å². The molecule has 2 saturated heterocycles. The van der Waals surface area contributed by atoms with E-state index in [2.05, 4.69) is 42.9 Å². The van der Waals surface area contributed by atoms with Crippen molar-refractivity contribution in [2.24, 2.45) is 10.4 Å². The van der Waals surface area contributed by atoms with Gasteiger partial charge in [-0.05, 0) is 31.5 Å². The summed E-state index contributed by atoms with van der Waals surface area (Å²) >= 11 is 0. The molecule has 2 aliphatic heterocycles. The Kier molecular flexibility index (Phi) is 7.00. The maximum absolute atomic E-state index is 14.6. The zero-order valence-electron chi connectivity index (χ0n) is 17.0. The van der Waals surface area contributed by atoms with Gasteiger partial charge in [0.2, 0.25) is 0 Å². The van der Waals surface area contributed by atoms with E-state index in [1.807, 2.05) is 17.0 Å². The lowest BCUT2D eigenvalue weighted by Gasteiger charge is -2.62. The molecule has 1 N–H and O–H groups in total. The van der Waals surface area contributed by atoms with Crippen LogP contribution in [0.2, 0.25) is 0 Å². The number of halogens is 2. The number of nitrogens with one attached hydrogen (secondary N) is 1. The van der Waals surface area contributed by atoms with Crippen LogP contribution >= 0.6 is 24.0 Å². The van der Waals surface area contributed by atoms with Crippen molar-refractivity contribution in [1.29, 1.82) is 0 Å². The number of hydrogen-bond acceptors (Lipinski definition) is 3. The fourth-order valence-corrected chi connectivity index (χ4v) is 3.60. The molecule has 0 atom stereocenters. The van der Waals surface area contributed by atoms with Crippen LogP contribution < -0.4 is 10.2 Å². The Balaban J connectivity index is 0.00000261. The maximum Gasteiger partial charge on any atom is 0.194 e. The van der Waals surface area contributed by atoms with Crippen LogP contribution in [0.25, 0.3) is 0 Å². The van der Waals surface area contributed by atoms with E-state index in [1.54, 1.807) is 13.1 Å². The molecule has 2 aliphatic rings. The number of guanidine groups is 1. The molecule has 0 amide bonds. The maximum atomic E-state index is 14.6. The number of benzene rings is 1. The van der Waals surface area contributed by atoms with E-state index >= 15 is 0 Å². The van der Waals surface area contributed by atoms with Crippen molar-refractivity contribution >= 4 is 35.6 Å². The summed E-state index contributed by atoms with van der Waals surface area (Å²) < 4.78 is 19.9. The minimum absolute atomic E-state index is 0. The third-order valence-electron chi connectivity index (χ3n) is 6.17. The summed E-state index contributed by atoms with van der Waals surface area (Å²) in [5.41, 5.74) is 1.86. The van der Waals surface area contributed by atoms with Crippen LogP contribution in [0.1, 0.15) is 33.3 Å². The Morgan fingerprint density at radius 3 is 2.41 bits per heavy atom. The standard InChI is InChI=1S/C20H31FN4O.HI/c1-19(2)14-25(20(19,3)4)18(22-5)23-13-15-6-7-17(16(21)12-15)24-8-10-26-11-9-24;/h6-7,12H,8-11,13-14H2,1-5H3,(H,22,23);1H. The average Bonchev–Trinajstić information content (AvgIpc) is 2.62. The second-order valence-electron chi connectivity index (χ2n) is 8.31. The largest absolute Gasteiger partial charge is 0.378 e. The van der Waals surface area contributed by atoms with E-state index in [4.69, 9.17) is 4.74 Å². The van der Waals surface area contributed by atoms with Gasteiger partial charge in [0.1, 0.15) is 5.82 Å². The SMILES string of the molecule is CN=C(NCc1ccc(N2CCOCC2)c(F)c1)N1CC(C)(C)C1(C)C.I. The van der Waals surface area contributed by atoms with Crippen molar-refractivity contribution < 1.29 is 9.13 Å². The van der Waals surface area contributed by atoms with Crippen molar-refractivity contribution in [3.05, 3.63) is 29.6 Å². The average molecular weight is 490 g/mol. The van der Waals surface area contributed by atoms with Crippen LogP contribution in [0.3, 0.4) is 0 Å². The molecule has 2 heterocycles. The summed E-state index contributed by atoms with van der Waals surface area (Å²) in [4.78, 5) is 8.74. The number of likely N-dealkylation sites (tertiary alicyclic amines) is 1. The highest BCUT2D eigenvalue weighted by atomic mass is 127. The number of aliphatic imine (C=N–C) groups is 1. The Bertz CT molecular complexity index is 687. The highest BCUT2D eigenvalue weighted by molar-refractivity contribution is 14.0.